The van der Waals surface area contributed by atoms with Gasteiger partial charge in [0.1, 0.15) is 10.6 Å². The van der Waals surface area contributed by atoms with Crippen molar-refractivity contribution in [3.05, 3.63) is 59.7 Å². The number of rotatable bonds is 7. The highest BCUT2D eigenvalue weighted by molar-refractivity contribution is 7.87. The normalized spacial score (nSPS) is 11.2. The highest BCUT2D eigenvalue weighted by atomic mass is 32.2. The molecular weight excluding hydrogens is 318 g/mol. The van der Waals surface area contributed by atoms with E-state index in [9.17, 15) is 13.2 Å². The average Bonchev–Trinajstić information content (AvgIpc) is 2.54. The number of ether oxygens (including phenoxy) is 1. The van der Waals surface area contributed by atoms with Crippen LogP contribution in [0.2, 0.25) is 0 Å². The molecule has 0 fully saturated rings. The molecule has 0 spiro atoms. The van der Waals surface area contributed by atoms with E-state index < -0.39 is 16.0 Å². The van der Waals surface area contributed by atoms with Crippen LogP contribution in [0, 0.1) is 0 Å². The highest BCUT2D eigenvalue weighted by Crippen LogP contribution is 2.19. The second kappa shape index (κ2) is 7.26. The lowest BCUT2D eigenvalue weighted by molar-refractivity contribution is 0.1000. The summed E-state index contributed by atoms with van der Waals surface area (Å²) in [5, 5.41) is 0. The third kappa shape index (κ3) is 4.54. The molecule has 0 saturated heterocycles. The van der Waals surface area contributed by atoms with E-state index in [1.165, 1.54) is 24.3 Å². The Hall–Kier alpha value is -2.38. The molecule has 0 atom stereocenters. The third-order valence-electron chi connectivity index (χ3n) is 3.15. The molecule has 0 bridgehead atoms. The Morgan fingerprint density at radius 1 is 1.04 bits per heavy atom. The van der Waals surface area contributed by atoms with E-state index in [0.717, 1.165) is 12.0 Å². The van der Waals surface area contributed by atoms with Gasteiger partial charge in [-0.15, -0.1) is 0 Å². The lowest BCUT2D eigenvalue weighted by atomic mass is 10.1. The Morgan fingerprint density at radius 2 is 1.65 bits per heavy atom. The summed E-state index contributed by atoms with van der Waals surface area (Å²) in [5.74, 6) is -0.411. The molecule has 0 aromatic heterocycles. The van der Waals surface area contributed by atoms with Gasteiger partial charge in [0, 0.05) is 12.7 Å². The van der Waals surface area contributed by atoms with Crippen LogP contribution in [0.4, 0.5) is 0 Å². The van der Waals surface area contributed by atoms with Gasteiger partial charge in [0.15, 0.2) is 0 Å². The van der Waals surface area contributed by atoms with Crippen LogP contribution in [-0.2, 0) is 21.3 Å². The predicted octanol–water partition coefficient (Wildman–Crippen LogP) is 1.74. The van der Waals surface area contributed by atoms with Crippen LogP contribution < -0.4 is 9.92 Å². The zero-order valence-corrected chi connectivity index (χ0v) is 13.4. The third-order valence-corrected chi connectivity index (χ3v) is 4.41. The maximum Gasteiger partial charge on any atom is 0.339 e. The van der Waals surface area contributed by atoms with Gasteiger partial charge in [-0.2, -0.15) is 8.42 Å². The second-order valence-electron chi connectivity index (χ2n) is 4.81. The molecule has 122 valence electrons. The van der Waals surface area contributed by atoms with Crippen molar-refractivity contribution in [1.29, 1.82) is 0 Å². The minimum atomic E-state index is -3.96. The van der Waals surface area contributed by atoms with Gasteiger partial charge in [-0.1, -0.05) is 12.1 Å². The van der Waals surface area contributed by atoms with Crippen molar-refractivity contribution in [2.24, 2.45) is 5.73 Å². The first-order chi connectivity index (χ1) is 10.9. The van der Waals surface area contributed by atoms with E-state index >= 15 is 0 Å². The standard InChI is InChI=1S/C16H17NO5S/c1-21-11-10-12-2-6-14(7-3-12)22-23(19,20)15-8-4-13(5-9-15)16(17)18/h2-9H,10-11H2,1H3,(H2,17,18). The summed E-state index contributed by atoms with van der Waals surface area (Å²) in [6, 6.07) is 12.0. The topological polar surface area (TPSA) is 95.7 Å². The zero-order valence-electron chi connectivity index (χ0n) is 12.6. The maximum atomic E-state index is 12.2. The molecule has 0 radical (unpaired) electrons. The SMILES string of the molecule is COCCc1ccc(OS(=O)(=O)c2ccc(C(N)=O)cc2)cc1. The number of hydrogen-bond donors (Lipinski definition) is 1. The second-order valence-corrected chi connectivity index (χ2v) is 6.36. The molecule has 2 aromatic carbocycles. The Bertz CT molecular complexity index is 767. The Morgan fingerprint density at radius 3 is 2.17 bits per heavy atom. The van der Waals surface area contributed by atoms with Gasteiger partial charge < -0.3 is 14.7 Å². The first-order valence-electron chi connectivity index (χ1n) is 6.84. The number of hydrogen-bond acceptors (Lipinski definition) is 5. The van der Waals surface area contributed by atoms with E-state index in [2.05, 4.69) is 0 Å². The summed E-state index contributed by atoms with van der Waals surface area (Å²) in [6.07, 6.45) is 0.734. The molecule has 1 amide bonds. The molecule has 2 N–H and O–H groups in total. The fraction of sp³-hybridized carbons (Fsp3) is 0.188. The van der Waals surface area contributed by atoms with Gasteiger partial charge in [-0.3, -0.25) is 4.79 Å². The molecule has 0 heterocycles. The molecule has 0 aliphatic heterocycles. The maximum absolute atomic E-state index is 12.2. The van der Waals surface area contributed by atoms with E-state index in [-0.39, 0.29) is 16.2 Å². The van der Waals surface area contributed by atoms with Crippen molar-refractivity contribution in [2.75, 3.05) is 13.7 Å². The number of carbonyl (C=O) groups excluding carboxylic acids is 1. The van der Waals surface area contributed by atoms with Crippen LogP contribution in [-0.4, -0.2) is 28.0 Å². The van der Waals surface area contributed by atoms with E-state index in [4.69, 9.17) is 14.7 Å². The summed E-state index contributed by atoms with van der Waals surface area (Å²) in [6.45, 7) is 0.588. The predicted molar refractivity (Wildman–Crippen MR) is 84.8 cm³/mol. The van der Waals surface area contributed by atoms with Gasteiger partial charge in [0.2, 0.25) is 5.91 Å². The summed E-state index contributed by atoms with van der Waals surface area (Å²) < 4.78 is 34.4. The van der Waals surface area contributed by atoms with Crippen molar-refractivity contribution in [3.63, 3.8) is 0 Å². The Labute approximate surface area is 135 Å². The molecular formula is C16H17NO5S. The summed E-state index contributed by atoms with van der Waals surface area (Å²) in [5.41, 5.74) is 6.36. The largest absolute Gasteiger partial charge is 0.384 e. The minimum absolute atomic E-state index is 0.0500. The first-order valence-corrected chi connectivity index (χ1v) is 8.25. The molecule has 2 rings (SSSR count). The van der Waals surface area contributed by atoms with Crippen LogP contribution >= 0.6 is 0 Å². The van der Waals surface area contributed by atoms with Crippen molar-refractivity contribution in [1.82, 2.24) is 0 Å². The number of methoxy groups -OCH3 is 1. The molecule has 0 saturated carbocycles. The number of nitrogens with two attached hydrogens (primary N) is 1. The molecule has 6 nitrogen and oxygen atoms in total. The van der Waals surface area contributed by atoms with E-state index in [0.29, 0.717) is 6.61 Å². The molecule has 23 heavy (non-hydrogen) atoms. The van der Waals surface area contributed by atoms with Crippen molar-refractivity contribution < 1.29 is 22.1 Å². The molecule has 7 heteroatoms. The fourth-order valence-corrected chi connectivity index (χ4v) is 2.82. The van der Waals surface area contributed by atoms with Crippen LogP contribution in [0.3, 0.4) is 0 Å². The fourth-order valence-electron chi connectivity index (χ4n) is 1.89. The zero-order chi connectivity index (χ0) is 16.9. The number of benzene rings is 2. The van der Waals surface area contributed by atoms with Crippen molar-refractivity contribution >= 4 is 16.0 Å². The van der Waals surface area contributed by atoms with Gasteiger partial charge in [0.05, 0.1) is 6.61 Å². The lowest BCUT2D eigenvalue weighted by Crippen LogP contribution is -2.13. The quantitative estimate of drug-likeness (QED) is 0.778. The highest BCUT2D eigenvalue weighted by Gasteiger charge is 2.17. The van der Waals surface area contributed by atoms with Crippen molar-refractivity contribution in [3.8, 4) is 5.75 Å². The monoisotopic (exact) mass is 335 g/mol. The van der Waals surface area contributed by atoms with E-state index in [1.54, 1.807) is 31.4 Å². The number of amides is 1. The molecule has 0 unspecified atom stereocenters. The van der Waals surface area contributed by atoms with Crippen LogP contribution in [0.5, 0.6) is 5.75 Å². The molecule has 2 aromatic rings. The summed E-state index contributed by atoms with van der Waals surface area (Å²) in [7, 11) is -2.34. The van der Waals surface area contributed by atoms with Crippen LogP contribution in [0.25, 0.3) is 0 Å². The van der Waals surface area contributed by atoms with Gasteiger partial charge in [-0.05, 0) is 48.4 Å². The minimum Gasteiger partial charge on any atom is -0.384 e. The summed E-state index contributed by atoms with van der Waals surface area (Å²) in [4.78, 5) is 10.9. The first kappa shape index (κ1) is 17.0. The lowest BCUT2D eigenvalue weighted by Gasteiger charge is -2.08. The smallest absolute Gasteiger partial charge is 0.339 e. The van der Waals surface area contributed by atoms with Gasteiger partial charge in [0.25, 0.3) is 0 Å². The number of carbonyl (C=O) groups is 1. The van der Waals surface area contributed by atoms with Gasteiger partial charge in [-0.25, -0.2) is 0 Å². The van der Waals surface area contributed by atoms with Crippen LogP contribution in [0.15, 0.2) is 53.4 Å². The Kier molecular flexibility index (Phi) is 5.36. The van der Waals surface area contributed by atoms with Gasteiger partial charge >= 0.3 is 10.1 Å². The Balaban J connectivity index is 2.12. The molecule has 0 aliphatic carbocycles. The van der Waals surface area contributed by atoms with E-state index in [1.807, 2.05) is 0 Å². The number of primary amides is 1. The van der Waals surface area contributed by atoms with Crippen molar-refractivity contribution in [2.45, 2.75) is 11.3 Å². The van der Waals surface area contributed by atoms with Crippen LogP contribution in [0.1, 0.15) is 15.9 Å². The summed E-state index contributed by atoms with van der Waals surface area (Å²) >= 11 is 0. The average molecular weight is 335 g/mol. The molecule has 0 aliphatic rings.